The van der Waals surface area contributed by atoms with Crippen LogP contribution in [0.25, 0.3) is 0 Å². The Morgan fingerprint density at radius 3 is 3.12 bits per heavy atom. The molecule has 96 valence electrons. The SMILES string of the molecule is CCC1CCCCN1CCc1nc(CCl)cs1. The number of thiazole rings is 1. The van der Waals surface area contributed by atoms with Gasteiger partial charge in [0.05, 0.1) is 16.6 Å². The first-order chi connectivity index (χ1) is 8.33. The van der Waals surface area contributed by atoms with Gasteiger partial charge in [0, 0.05) is 24.4 Å². The summed E-state index contributed by atoms with van der Waals surface area (Å²) in [5.41, 5.74) is 1.03. The molecule has 1 saturated heterocycles. The minimum atomic E-state index is 0.539. The first kappa shape index (κ1) is 13.3. The molecule has 1 aromatic heterocycles. The van der Waals surface area contributed by atoms with Gasteiger partial charge in [0.15, 0.2) is 0 Å². The highest BCUT2D eigenvalue weighted by molar-refractivity contribution is 7.09. The van der Waals surface area contributed by atoms with E-state index in [1.165, 1.54) is 37.2 Å². The van der Waals surface area contributed by atoms with Gasteiger partial charge in [-0.2, -0.15) is 0 Å². The number of rotatable bonds is 5. The highest BCUT2D eigenvalue weighted by Crippen LogP contribution is 2.20. The third-order valence-corrected chi connectivity index (χ3v) is 4.80. The molecule has 1 unspecified atom stereocenters. The molecule has 1 aliphatic rings. The topological polar surface area (TPSA) is 16.1 Å². The van der Waals surface area contributed by atoms with Gasteiger partial charge < -0.3 is 0 Å². The molecular weight excluding hydrogens is 252 g/mol. The Hall–Kier alpha value is -0.120. The van der Waals surface area contributed by atoms with Crippen LogP contribution in [0.1, 0.15) is 43.3 Å². The van der Waals surface area contributed by atoms with Crippen molar-refractivity contribution in [1.82, 2.24) is 9.88 Å². The lowest BCUT2D eigenvalue weighted by Gasteiger charge is -2.34. The second-order valence-electron chi connectivity index (χ2n) is 4.71. The van der Waals surface area contributed by atoms with Gasteiger partial charge in [0.2, 0.25) is 0 Å². The lowest BCUT2D eigenvalue weighted by Crippen LogP contribution is -2.40. The maximum absolute atomic E-state index is 5.77. The van der Waals surface area contributed by atoms with Crippen molar-refractivity contribution in [2.45, 2.75) is 50.9 Å². The molecule has 1 fully saturated rings. The average molecular weight is 273 g/mol. The van der Waals surface area contributed by atoms with Gasteiger partial charge in [-0.05, 0) is 25.8 Å². The number of piperidine rings is 1. The van der Waals surface area contributed by atoms with Gasteiger partial charge in [-0.1, -0.05) is 13.3 Å². The predicted molar refractivity (Wildman–Crippen MR) is 74.9 cm³/mol. The quantitative estimate of drug-likeness (QED) is 0.760. The van der Waals surface area contributed by atoms with E-state index in [-0.39, 0.29) is 0 Å². The Morgan fingerprint density at radius 2 is 2.41 bits per heavy atom. The molecule has 0 radical (unpaired) electrons. The second kappa shape index (κ2) is 6.72. The van der Waals surface area contributed by atoms with Crippen LogP contribution >= 0.6 is 22.9 Å². The molecule has 2 rings (SSSR count). The third-order valence-electron chi connectivity index (χ3n) is 3.57. The van der Waals surface area contributed by atoms with Crippen molar-refractivity contribution in [1.29, 1.82) is 0 Å². The fraction of sp³-hybridized carbons (Fsp3) is 0.769. The van der Waals surface area contributed by atoms with Crippen LogP contribution in [0.2, 0.25) is 0 Å². The lowest BCUT2D eigenvalue weighted by atomic mass is 10.00. The van der Waals surface area contributed by atoms with Crippen molar-refractivity contribution in [2.24, 2.45) is 0 Å². The Bertz CT molecular complexity index is 340. The first-order valence-corrected chi connectivity index (χ1v) is 7.98. The van der Waals surface area contributed by atoms with Gasteiger partial charge in [-0.15, -0.1) is 22.9 Å². The minimum absolute atomic E-state index is 0.539. The first-order valence-electron chi connectivity index (χ1n) is 6.56. The summed E-state index contributed by atoms with van der Waals surface area (Å²) in [7, 11) is 0. The van der Waals surface area contributed by atoms with Crippen LogP contribution in [-0.2, 0) is 12.3 Å². The Kier molecular flexibility index (Phi) is 5.26. The Morgan fingerprint density at radius 1 is 1.53 bits per heavy atom. The fourth-order valence-electron chi connectivity index (χ4n) is 2.58. The largest absolute Gasteiger partial charge is 0.300 e. The highest BCUT2D eigenvalue weighted by Gasteiger charge is 2.20. The lowest BCUT2D eigenvalue weighted by molar-refractivity contribution is 0.146. The van der Waals surface area contributed by atoms with Gasteiger partial charge in [-0.25, -0.2) is 4.98 Å². The van der Waals surface area contributed by atoms with Crippen molar-refractivity contribution >= 4 is 22.9 Å². The molecule has 0 spiro atoms. The van der Waals surface area contributed by atoms with Crippen molar-refractivity contribution in [2.75, 3.05) is 13.1 Å². The van der Waals surface area contributed by atoms with E-state index < -0.39 is 0 Å². The number of hydrogen-bond donors (Lipinski definition) is 0. The van der Waals surface area contributed by atoms with Gasteiger partial charge in [0.25, 0.3) is 0 Å². The van der Waals surface area contributed by atoms with Crippen molar-refractivity contribution < 1.29 is 0 Å². The Labute approximate surface area is 113 Å². The molecule has 0 aliphatic carbocycles. The van der Waals surface area contributed by atoms with Crippen LogP contribution in [0.15, 0.2) is 5.38 Å². The Balaban J connectivity index is 1.83. The zero-order valence-corrected chi connectivity index (χ0v) is 12.1. The fourth-order valence-corrected chi connectivity index (χ4v) is 3.60. The molecule has 0 aromatic carbocycles. The van der Waals surface area contributed by atoms with Crippen LogP contribution < -0.4 is 0 Å². The molecule has 0 amide bonds. The summed E-state index contributed by atoms with van der Waals surface area (Å²) < 4.78 is 0. The molecular formula is C13H21ClN2S. The molecule has 0 bridgehead atoms. The van der Waals surface area contributed by atoms with E-state index in [4.69, 9.17) is 11.6 Å². The van der Waals surface area contributed by atoms with Crippen molar-refractivity contribution in [3.63, 3.8) is 0 Å². The molecule has 1 atom stereocenters. The summed E-state index contributed by atoms with van der Waals surface area (Å²) in [6, 6.07) is 0.802. The van der Waals surface area contributed by atoms with E-state index in [1.807, 2.05) is 0 Å². The standard InChI is InChI=1S/C13H21ClN2S/c1-2-12-5-3-4-7-16(12)8-6-13-15-11(9-14)10-17-13/h10,12H,2-9H2,1H3. The number of hydrogen-bond acceptors (Lipinski definition) is 3. The van der Waals surface area contributed by atoms with Gasteiger partial charge >= 0.3 is 0 Å². The van der Waals surface area contributed by atoms with E-state index in [0.29, 0.717) is 5.88 Å². The number of nitrogens with zero attached hydrogens (tertiary/aromatic N) is 2. The summed E-state index contributed by atoms with van der Waals surface area (Å²) in [5.74, 6) is 0.539. The maximum atomic E-state index is 5.77. The second-order valence-corrected chi connectivity index (χ2v) is 5.92. The molecule has 2 heterocycles. The number of halogens is 1. The van der Waals surface area contributed by atoms with E-state index in [0.717, 1.165) is 24.7 Å². The van der Waals surface area contributed by atoms with Crippen LogP contribution in [0.4, 0.5) is 0 Å². The third kappa shape index (κ3) is 3.67. The highest BCUT2D eigenvalue weighted by atomic mass is 35.5. The predicted octanol–water partition coefficient (Wildman–Crippen LogP) is 3.69. The van der Waals surface area contributed by atoms with E-state index in [9.17, 15) is 0 Å². The summed E-state index contributed by atoms with van der Waals surface area (Å²) in [5, 5.41) is 3.32. The molecule has 1 aliphatic heterocycles. The van der Waals surface area contributed by atoms with Crippen molar-refractivity contribution in [3.8, 4) is 0 Å². The van der Waals surface area contributed by atoms with E-state index in [1.54, 1.807) is 11.3 Å². The zero-order chi connectivity index (χ0) is 12.1. The van der Waals surface area contributed by atoms with Crippen molar-refractivity contribution in [3.05, 3.63) is 16.1 Å². The maximum Gasteiger partial charge on any atom is 0.0941 e. The van der Waals surface area contributed by atoms with Crippen LogP contribution in [0.3, 0.4) is 0 Å². The smallest absolute Gasteiger partial charge is 0.0941 e. The normalized spacial score (nSPS) is 21.9. The summed E-state index contributed by atoms with van der Waals surface area (Å²) in [4.78, 5) is 7.17. The zero-order valence-electron chi connectivity index (χ0n) is 10.5. The molecule has 17 heavy (non-hydrogen) atoms. The molecule has 1 aromatic rings. The van der Waals surface area contributed by atoms with Crippen LogP contribution in [0, 0.1) is 0 Å². The summed E-state index contributed by atoms with van der Waals surface area (Å²) >= 11 is 7.52. The summed E-state index contributed by atoms with van der Waals surface area (Å²) in [6.07, 6.45) is 6.51. The number of alkyl halides is 1. The molecule has 0 saturated carbocycles. The molecule has 2 nitrogen and oxygen atoms in total. The van der Waals surface area contributed by atoms with Crippen LogP contribution in [0.5, 0.6) is 0 Å². The summed E-state index contributed by atoms with van der Waals surface area (Å²) in [6.45, 7) is 4.73. The van der Waals surface area contributed by atoms with E-state index >= 15 is 0 Å². The monoisotopic (exact) mass is 272 g/mol. The number of likely N-dealkylation sites (tertiary alicyclic amines) is 1. The number of aromatic nitrogens is 1. The van der Waals surface area contributed by atoms with Gasteiger partial charge in [0.1, 0.15) is 0 Å². The van der Waals surface area contributed by atoms with E-state index in [2.05, 4.69) is 22.2 Å². The average Bonchev–Trinajstić information content (AvgIpc) is 2.84. The molecule has 0 N–H and O–H groups in total. The minimum Gasteiger partial charge on any atom is -0.300 e. The molecule has 4 heteroatoms. The van der Waals surface area contributed by atoms with Crippen LogP contribution in [-0.4, -0.2) is 29.0 Å². The van der Waals surface area contributed by atoms with Gasteiger partial charge in [-0.3, -0.25) is 4.90 Å².